The molecule has 0 aromatic rings. The topological polar surface area (TPSA) is 52.6 Å². The van der Waals surface area contributed by atoms with E-state index < -0.39 is 8.32 Å². The first-order valence-electron chi connectivity index (χ1n) is 7.90. The lowest BCUT2D eigenvalue weighted by Gasteiger charge is -2.66. The zero-order chi connectivity index (χ0) is 15.9. The highest BCUT2D eigenvalue weighted by atomic mass is 28.4. The number of fused-ring (bicyclic) bond motifs is 2. The number of hydrogen-bond donors (Lipinski definition) is 0. The molecule has 3 rings (SSSR count). The molecule has 3 aliphatic rings. The Morgan fingerprint density at radius 1 is 1.38 bits per heavy atom. The highest BCUT2D eigenvalue weighted by Gasteiger charge is 2.65. The van der Waals surface area contributed by atoms with Gasteiger partial charge in [-0.15, -0.1) is 0 Å². The van der Waals surface area contributed by atoms with Crippen molar-refractivity contribution in [2.75, 3.05) is 6.61 Å². The first-order chi connectivity index (χ1) is 9.63. The van der Waals surface area contributed by atoms with Crippen molar-refractivity contribution in [2.45, 2.75) is 64.8 Å². The molecule has 0 heterocycles. The summed E-state index contributed by atoms with van der Waals surface area (Å²) in [5.41, 5.74) is -0.373. The lowest BCUT2D eigenvalue weighted by Crippen LogP contribution is -2.66. The van der Waals surface area contributed by atoms with E-state index in [1.54, 1.807) is 0 Å². The molecule has 21 heavy (non-hydrogen) atoms. The first-order valence-corrected chi connectivity index (χ1v) is 11.3. The van der Waals surface area contributed by atoms with E-state index in [1.807, 2.05) is 0 Å². The monoisotopic (exact) mass is 312 g/mol. The minimum absolute atomic E-state index is 0.178. The molecule has 4 atom stereocenters. The number of aldehydes is 1. The fraction of sp³-hybridized carbons (Fsp3) is 0.875. The van der Waals surface area contributed by atoms with E-state index in [4.69, 9.17) is 9.16 Å². The Morgan fingerprint density at radius 3 is 2.52 bits per heavy atom. The van der Waals surface area contributed by atoms with Gasteiger partial charge < -0.3 is 14.0 Å². The Balaban J connectivity index is 2.22. The van der Waals surface area contributed by atoms with Crippen LogP contribution in [0.1, 0.15) is 39.5 Å². The maximum absolute atomic E-state index is 11.2. The predicted octanol–water partition coefficient (Wildman–Crippen LogP) is 3.17. The quantitative estimate of drug-likeness (QED) is 0.429. The van der Waals surface area contributed by atoms with Crippen LogP contribution in [-0.2, 0) is 18.8 Å². The van der Waals surface area contributed by atoms with E-state index in [0.717, 1.165) is 25.5 Å². The molecular formula is C16H28O4Si. The third kappa shape index (κ3) is 3.09. The summed E-state index contributed by atoms with van der Waals surface area (Å²) in [5.74, 6) is 0.545. The maximum Gasteiger partial charge on any atom is 0.302 e. The molecule has 0 amide bonds. The Morgan fingerprint density at radius 2 is 2.05 bits per heavy atom. The Hall–Kier alpha value is -0.683. The van der Waals surface area contributed by atoms with Crippen LogP contribution in [-0.4, -0.2) is 32.8 Å². The number of esters is 1. The number of rotatable bonds is 6. The van der Waals surface area contributed by atoms with Gasteiger partial charge in [-0.1, -0.05) is 0 Å². The van der Waals surface area contributed by atoms with E-state index >= 15 is 0 Å². The van der Waals surface area contributed by atoms with Crippen LogP contribution in [0.5, 0.6) is 0 Å². The minimum atomic E-state index is -1.66. The maximum atomic E-state index is 11.2. The van der Waals surface area contributed by atoms with Gasteiger partial charge in [-0.05, 0) is 57.7 Å². The summed E-state index contributed by atoms with van der Waals surface area (Å²) in [7, 11) is -1.66. The van der Waals surface area contributed by atoms with Gasteiger partial charge in [0.2, 0.25) is 0 Å². The zero-order valence-electron chi connectivity index (χ0n) is 13.9. The molecule has 0 spiro atoms. The van der Waals surface area contributed by atoms with Crippen molar-refractivity contribution in [3.63, 3.8) is 0 Å². The van der Waals surface area contributed by atoms with Crippen LogP contribution >= 0.6 is 0 Å². The molecule has 3 fully saturated rings. The highest BCUT2D eigenvalue weighted by molar-refractivity contribution is 6.69. The van der Waals surface area contributed by atoms with Crippen molar-refractivity contribution in [2.24, 2.45) is 17.3 Å². The van der Waals surface area contributed by atoms with Gasteiger partial charge >= 0.3 is 5.97 Å². The molecular weight excluding hydrogens is 284 g/mol. The van der Waals surface area contributed by atoms with E-state index in [0.29, 0.717) is 24.9 Å². The van der Waals surface area contributed by atoms with Crippen LogP contribution in [0.25, 0.3) is 0 Å². The van der Waals surface area contributed by atoms with Crippen LogP contribution in [0.15, 0.2) is 0 Å². The molecule has 0 aliphatic heterocycles. The molecule has 4 nitrogen and oxygen atoms in total. The average molecular weight is 312 g/mol. The van der Waals surface area contributed by atoms with Crippen LogP contribution < -0.4 is 0 Å². The molecule has 0 radical (unpaired) electrons. The minimum Gasteiger partial charge on any atom is -0.465 e. The number of ether oxygens (including phenoxy) is 1. The SMILES string of the molecule is CC(=O)OC[C@@]1(CC=O)[C@H]2CC[C@@](C)(O[Si](C)(C)C)[C@@H]1C2. The summed E-state index contributed by atoms with van der Waals surface area (Å²) in [6.45, 7) is 10.6. The van der Waals surface area contributed by atoms with Gasteiger partial charge in [-0.3, -0.25) is 4.79 Å². The number of carbonyl (C=O) groups excluding carboxylic acids is 2. The second-order valence-corrected chi connectivity index (χ2v) is 12.4. The van der Waals surface area contributed by atoms with Crippen molar-refractivity contribution in [3.8, 4) is 0 Å². The Bertz CT molecular complexity index is 428. The summed E-state index contributed by atoms with van der Waals surface area (Å²) >= 11 is 0. The van der Waals surface area contributed by atoms with Gasteiger partial charge in [0.15, 0.2) is 8.32 Å². The molecule has 5 heteroatoms. The van der Waals surface area contributed by atoms with Gasteiger partial charge in [-0.25, -0.2) is 0 Å². The predicted molar refractivity (Wildman–Crippen MR) is 83.4 cm³/mol. The van der Waals surface area contributed by atoms with E-state index in [1.165, 1.54) is 6.92 Å². The van der Waals surface area contributed by atoms with Gasteiger partial charge in [-0.2, -0.15) is 0 Å². The second kappa shape index (κ2) is 5.50. The molecule has 0 aromatic carbocycles. The molecule has 0 unspecified atom stereocenters. The van der Waals surface area contributed by atoms with Gasteiger partial charge in [0, 0.05) is 18.8 Å². The van der Waals surface area contributed by atoms with Gasteiger partial charge in [0.1, 0.15) is 6.29 Å². The summed E-state index contributed by atoms with van der Waals surface area (Å²) in [4.78, 5) is 22.4. The van der Waals surface area contributed by atoms with Crippen molar-refractivity contribution in [1.29, 1.82) is 0 Å². The van der Waals surface area contributed by atoms with Crippen molar-refractivity contribution in [1.82, 2.24) is 0 Å². The van der Waals surface area contributed by atoms with E-state index in [-0.39, 0.29) is 17.0 Å². The molecule has 0 aromatic heterocycles. The van der Waals surface area contributed by atoms with E-state index in [9.17, 15) is 9.59 Å². The third-order valence-electron chi connectivity index (χ3n) is 5.30. The Kier molecular flexibility index (Phi) is 4.37. The van der Waals surface area contributed by atoms with Crippen LogP contribution in [0, 0.1) is 17.3 Å². The van der Waals surface area contributed by atoms with Crippen LogP contribution in [0.3, 0.4) is 0 Å². The number of hydrogen-bond acceptors (Lipinski definition) is 4. The second-order valence-electron chi connectivity index (χ2n) is 7.94. The molecule has 120 valence electrons. The summed E-state index contributed by atoms with van der Waals surface area (Å²) in [6, 6.07) is 0. The molecule has 2 bridgehead atoms. The largest absolute Gasteiger partial charge is 0.465 e. The van der Waals surface area contributed by atoms with Crippen LogP contribution in [0.2, 0.25) is 19.6 Å². The van der Waals surface area contributed by atoms with Crippen LogP contribution in [0.4, 0.5) is 0 Å². The fourth-order valence-electron chi connectivity index (χ4n) is 4.57. The Labute approximate surface area is 128 Å². The van der Waals surface area contributed by atoms with Gasteiger partial charge in [0.05, 0.1) is 12.2 Å². The normalized spacial score (nSPS) is 38.5. The number of carbonyl (C=O) groups is 2. The van der Waals surface area contributed by atoms with Crippen molar-refractivity contribution in [3.05, 3.63) is 0 Å². The average Bonchev–Trinajstić information content (AvgIpc) is 2.30. The van der Waals surface area contributed by atoms with Crippen molar-refractivity contribution >= 4 is 20.6 Å². The summed E-state index contributed by atoms with van der Waals surface area (Å²) in [6.07, 6.45) is 4.67. The van der Waals surface area contributed by atoms with Gasteiger partial charge in [0.25, 0.3) is 0 Å². The van der Waals surface area contributed by atoms with E-state index in [2.05, 4.69) is 26.6 Å². The fourth-order valence-corrected chi connectivity index (χ4v) is 6.22. The highest BCUT2D eigenvalue weighted by Crippen LogP contribution is 2.65. The molecule has 3 aliphatic carbocycles. The smallest absolute Gasteiger partial charge is 0.302 e. The molecule has 3 saturated carbocycles. The lowest BCUT2D eigenvalue weighted by molar-refractivity contribution is -0.222. The molecule has 0 saturated heterocycles. The van der Waals surface area contributed by atoms with Crippen molar-refractivity contribution < 1.29 is 18.8 Å². The first kappa shape index (κ1) is 16.7. The summed E-state index contributed by atoms with van der Waals surface area (Å²) < 4.78 is 11.8. The standard InChI is InChI=1S/C16H28O4Si/c1-12(18)19-11-16(8-9-17)13-6-7-15(2,14(16)10-13)20-21(3,4)5/h9,13-14H,6-8,10-11H2,1-5H3/t13-,14-,15+,16-/m0/s1. The third-order valence-corrected chi connectivity index (χ3v) is 6.38. The summed E-state index contributed by atoms with van der Waals surface area (Å²) in [5, 5.41) is 0. The zero-order valence-corrected chi connectivity index (χ0v) is 14.9. The lowest BCUT2D eigenvalue weighted by atomic mass is 9.42. The molecule has 0 N–H and O–H groups in total.